The molecule has 9 heteroatoms. The van der Waals surface area contributed by atoms with Gasteiger partial charge in [-0.3, -0.25) is 14.5 Å². The smallest absolute Gasteiger partial charge is 0.296 e. The topological polar surface area (TPSA) is 83.6 Å². The Morgan fingerprint density at radius 2 is 1.94 bits per heavy atom. The maximum Gasteiger partial charge on any atom is 0.296 e. The summed E-state index contributed by atoms with van der Waals surface area (Å²) in [5, 5.41) is 14.3. The van der Waals surface area contributed by atoms with Crippen LogP contribution in [-0.4, -0.2) is 21.8 Å². The molecule has 0 aliphatic carbocycles. The van der Waals surface area contributed by atoms with Gasteiger partial charge in [-0.1, -0.05) is 47.5 Å². The minimum Gasteiger partial charge on any atom is -0.503 e. The van der Waals surface area contributed by atoms with Crippen molar-refractivity contribution in [3.8, 4) is 0 Å². The number of hydrogen-bond donors (Lipinski definition) is 1. The van der Waals surface area contributed by atoms with Gasteiger partial charge in [0.15, 0.2) is 16.7 Å². The summed E-state index contributed by atoms with van der Waals surface area (Å²) in [4.78, 5) is 32.3. The van der Waals surface area contributed by atoms with E-state index in [9.17, 15) is 14.7 Å². The molecule has 32 heavy (non-hydrogen) atoms. The molecule has 0 spiro atoms. The molecule has 6 nitrogen and oxygen atoms in total. The van der Waals surface area contributed by atoms with Crippen LogP contribution in [0.25, 0.3) is 11.0 Å². The van der Waals surface area contributed by atoms with E-state index >= 15 is 0 Å². The Hall–Kier alpha value is -3.13. The number of benzene rings is 2. The molecule has 5 rings (SSSR count). The molecular weight excluding hydrogens is 471 g/mol. The quantitative estimate of drug-likeness (QED) is 0.344. The number of amides is 1. The number of furan rings is 1. The van der Waals surface area contributed by atoms with Crippen LogP contribution in [0.4, 0.5) is 5.13 Å². The minimum atomic E-state index is -0.955. The number of hydrogen-bond acceptors (Lipinski definition) is 6. The number of anilines is 1. The van der Waals surface area contributed by atoms with Gasteiger partial charge < -0.3 is 9.52 Å². The summed E-state index contributed by atoms with van der Waals surface area (Å²) < 4.78 is 5.71. The van der Waals surface area contributed by atoms with Crippen molar-refractivity contribution < 1.29 is 19.1 Å². The highest BCUT2D eigenvalue weighted by Gasteiger charge is 2.46. The number of para-hydroxylation sites is 1. The van der Waals surface area contributed by atoms with E-state index in [4.69, 9.17) is 27.6 Å². The molecular formula is C23H14Cl2N2O4S. The monoisotopic (exact) mass is 484 g/mol. The van der Waals surface area contributed by atoms with Crippen LogP contribution in [0.1, 0.15) is 27.9 Å². The predicted molar refractivity (Wildman–Crippen MR) is 124 cm³/mol. The van der Waals surface area contributed by atoms with Gasteiger partial charge in [0.05, 0.1) is 27.4 Å². The van der Waals surface area contributed by atoms with Gasteiger partial charge in [-0.25, -0.2) is 4.98 Å². The molecule has 0 fully saturated rings. The predicted octanol–water partition coefficient (Wildman–Crippen LogP) is 6.29. The molecule has 3 heterocycles. The van der Waals surface area contributed by atoms with E-state index in [1.807, 2.05) is 12.1 Å². The van der Waals surface area contributed by atoms with Crippen molar-refractivity contribution >= 4 is 62.3 Å². The van der Waals surface area contributed by atoms with Crippen molar-refractivity contribution in [1.82, 2.24) is 4.98 Å². The molecule has 0 saturated carbocycles. The number of ketones is 1. The van der Waals surface area contributed by atoms with Gasteiger partial charge in [-0.05, 0) is 36.8 Å². The maximum atomic E-state index is 13.5. The van der Waals surface area contributed by atoms with Crippen LogP contribution in [0.3, 0.4) is 0 Å². The van der Waals surface area contributed by atoms with Gasteiger partial charge in [0.2, 0.25) is 5.78 Å². The van der Waals surface area contributed by atoms with Gasteiger partial charge >= 0.3 is 0 Å². The number of halogens is 2. The molecule has 0 radical (unpaired) electrons. The van der Waals surface area contributed by atoms with E-state index < -0.39 is 23.5 Å². The molecule has 1 aliphatic heterocycles. The third kappa shape index (κ3) is 3.30. The Morgan fingerprint density at radius 3 is 2.62 bits per heavy atom. The van der Waals surface area contributed by atoms with E-state index in [1.54, 1.807) is 48.7 Å². The standard InChI is InChI=1S/C23H14Cl2N2O4S/c1-11-10-32-23(26-11)27-19(13-6-7-14(24)15(25)8-13)18(21(29)22(27)30)20(28)17-9-12-4-2-3-5-16(12)31-17/h2-10,19,29H,1H3. The zero-order valence-corrected chi connectivity index (χ0v) is 18.8. The van der Waals surface area contributed by atoms with Crippen molar-refractivity contribution in [2.75, 3.05) is 4.90 Å². The lowest BCUT2D eigenvalue weighted by molar-refractivity contribution is -0.117. The minimum absolute atomic E-state index is 0.0165. The largest absolute Gasteiger partial charge is 0.503 e. The molecule has 160 valence electrons. The first kappa shape index (κ1) is 20.8. The van der Waals surface area contributed by atoms with Crippen molar-refractivity contribution in [3.05, 3.63) is 92.3 Å². The second kappa shape index (κ2) is 7.78. The summed E-state index contributed by atoms with van der Waals surface area (Å²) in [7, 11) is 0. The van der Waals surface area contributed by atoms with Gasteiger partial charge in [-0.2, -0.15) is 0 Å². The first-order valence-electron chi connectivity index (χ1n) is 9.52. The Kier molecular flexibility index (Phi) is 5.04. The van der Waals surface area contributed by atoms with Crippen molar-refractivity contribution in [1.29, 1.82) is 0 Å². The van der Waals surface area contributed by atoms with Gasteiger partial charge in [0.1, 0.15) is 5.58 Å². The number of thiazole rings is 1. The molecule has 2 aromatic heterocycles. The first-order chi connectivity index (χ1) is 15.3. The van der Waals surface area contributed by atoms with Crippen LogP contribution in [0, 0.1) is 6.92 Å². The number of aromatic nitrogens is 1. The molecule has 2 aromatic carbocycles. The number of rotatable bonds is 4. The second-order valence-corrected chi connectivity index (χ2v) is 8.91. The van der Waals surface area contributed by atoms with Gasteiger partial charge in [-0.15, -0.1) is 11.3 Å². The third-order valence-corrected chi connectivity index (χ3v) is 6.87. The number of Topliss-reactive ketones (excluding diaryl/α,β-unsaturated/α-hetero) is 1. The highest BCUT2D eigenvalue weighted by atomic mass is 35.5. The van der Waals surface area contributed by atoms with Crippen LogP contribution in [0.2, 0.25) is 10.0 Å². The van der Waals surface area contributed by atoms with Gasteiger partial charge in [0, 0.05) is 10.8 Å². The Labute approximate surface area is 196 Å². The highest BCUT2D eigenvalue weighted by Crippen LogP contribution is 2.44. The van der Waals surface area contributed by atoms with Crippen LogP contribution in [0.15, 0.2) is 69.7 Å². The molecule has 0 bridgehead atoms. The van der Waals surface area contributed by atoms with Gasteiger partial charge in [0.25, 0.3) is 5.91 Å². The summed E-state index contributed by atoms with van der Waals surface area (Å²) in [5.74, 6) is -1.96. The average molecular weight is 485 g/mol. The van der Waals surface area contributed by atoms with Crippen molar-refractivity contribution in [3.63, 3.8) is 0 Å². The molecule has 1 N–H and O–H groups in total. The van der Waals surface area contributed by atoms with Crippen LogP contribution >= 0.6 is 34.5 Å². The zero-order valence-electron chi connectivity index (χ0n) is 16.5. The van der Waals surface area contributed by atoms with E-state index in [0.29, 0.717) is 27.0 Å². The fourth-order valence-electron chi connectivity index (χ4n) is 3.71. The average Bonchev–Trinajstić information content (AvgIpc) is 3.46. The van der Waals surface area contributed by atoms with E-state index in [1.165, 1.54) is 16.2 Å². The van der Waals surface area contributed by atoms with Crippen LogP contribution in [0.5, 0.6) is 0 Å². The number of carbonyl (C=O) groups excluding carboxylic acids is 2. The number of carbonyl (C=O) groups is 2. The number of fused-ring (bicyclic) bond motifs is 1. The zero-order chi connectivity index (χ0) is 22.6. The molecule has 1 unspecified atom stereocenters. The lowest BCUT2D eigenvalue weighted by Gasteiger charge is -2.24. The first-order valence-corrected chi connectivity index (χ1v) is 11.2. The lowest BCUT2D eigenvalue weighted by atomic mass is 9.95. The Balaban J connectivity index is 1.68. The summed E-state index contributed by atoms with van der Waals surface area (Å²) in [5.41, 5.74) is 1.63. The summed E-state index contributed by atoms with van der Waals surface area (Å²) in [6, 6.07) is 12.6. The molecule has 1 aliphatic rings. The molecule has 1 amide bonds. The molecule has 1 atom stereocenters. The van der Waals surface area contributed by atoms with Crippen molar-refractivity contribution in [2.24, 2.45) is 0 Å². The van der Waals surface area contributed by atoms with E-state index in [2.05, 4.69) is 4.98 Å². The number of nitrogens with zero attached hydrogens (tertiary/aromatic N) is 2. The number of aliphatic hydroxyl groups excluding tert-OH is 1. The molecule has 4 aromatic rings. The van der Waals surface area contributed by atoms with Crippen molar-refractivity contribution in [2.45, 2.75) is 13.0 Å². The number of aryl methyl sites for hydroxylation is 1. The number of aliphatic hydroxyl groups is 1. The Bertz CT molecular complexity index is 1410. The summed E-state index contributed by atoms with van der Waals surface area (Å²) in [6.45, 7) is 1.79. The lowest BCUT2D eigenvalue weighted by Crippen LogP contribution is -2.31. The highest BCUT2D eigenvalue weighted by molar-refractivity contribution is 7.14. The molecule has 0 saturated heterocycles. The maximum absolute atomic E-state index is 13.5. The SMILES string of the molecule is Cc1csc(N2C(=O)C(O)=C(C(=O)c3cc4ccccc4o3)C2c2ccc(Cl)c(Cl)c2)n1. The van der Waals surface area contributed by atoms with E-state index in [0.717, 1.165) is 5.39 Å². The normalized spacial score (nSPS) is 16.4. The van der Waals surface area contributed by atoms with Crippen LogP contribution < -0.4 is 4.90 Å². The fraction of sp³-hybridized carbons (Fsp3) is 0.0870. The second-order valence-electron chi connectivity index (χ2n) is 7.26. The van der Waals surface area contributed by atoms with Crippen LogP contribution in [-0.2, 0) is 4.79 Å². The fourth-order valence-corrected chi connectivity index (χ4v) is 4.84. The van der Waals surface area contributed by atoms with E-state index in [-0.39, 0.29) is 16.4 Å². The third-order valence-electron chi connectivity index (χ3n) is 5.17. The Morgan fingerprint density at radius 1 is 1.16 bits per heavy atom. The summed E-state index contributed by atoms with van der Waals surface area (Å²) >= 11 is 13.5. The summed E-state index contributed by atoms with van der Waals surface area (Å²) in [6.07, 6.45) is 0.